The largest absolute Gasteiger partial charge is 0.472 e. The standard InChI is InChI=1S/C89H174O17P2/c1-7-9-11-13-15-17-19-21-23-25-27-28-29-31-33-35-40-44-48-54-61-67-73-88(93)105-84(77-99-86(91)71-65-59-53-47-43-39-34-32-30-26-24-22-20-18-16-14-12-10-8-2)79-103-107(95,96)101-75-83(90)76-102-108(97,98)104-80-85(78-100-87(92)72-66-60-56-50-52-58-64-70-82(5)6)106-89(94)74-68-62-55-49-45-41-37-36-38-42-46-51-57-63-69-81(3)4/h81-85,90H,7-80H2,1-6H3,(H,95,96)(H,97,98)/t83-,84-,85-/m1/s1. The molecular formula is C89H174O17P2. The highest BCUT2D eigenvalue weighted by atomic mass is 31.2. The Hall–Kier alpha value is -1.94. The van der Waals surface area contributed by atoms with Crippen molar-refractivity contribution in [3.05, 3.63) is 0 Å². The highest BCUT2D eigenvalue weighted by molar-refractivity contribution is 7.47. The third-order valence-electron chi connectivity index (χ3n) is 21.0. The van der Waals surface area contributed by atoms with Crippen LogP contribution in [0.3, 0.4) is 0 Å². The second kappa shape index (κ2) is 80.3. The molecule has 0 amide bonds. The van der Waals surface area contributed by atoms with Crippen molar-refractivity contribution in [2.24, 2.45) is 11.8 Å². The van der Waals surface area contributed by atoms with E-state index in [1.807, 2.05) is 0 Å². The average molecular weight is 1580 g/mol. The molecule has 0 saturated heterocycles. The first kappa shape index (κ1) is 106. The number of phosphoric acid groups is 2. The van der Waals surface area contributed by atoms with Crippen molar-refractivity contribution in [1.29, 1.82) is 0 Å². The van der Waals surface area contributed by atoms with Gasteiger partial charge in [-0.05, 0) is 37.5 Å². The third kappa shape index (κ3) is 82.1. The van der Waals surface area contributed by atoms with E-state index in [0.717, 1.165) is 102 Å². The van der Waals surface area contributed by atoms with Crippen molar-refractivity contribution in [3.63, 3.8) is 0 Å². The van der Waals surface area contributed by atoms with Gasteiger partial charge in [-0.1, -0.05) is 427 Å². The maximum absolute atomic E-state index is 13.2. The summed E-state index contributed by atoms with van der Waals surface area (Å²) in [5, 5.41) is 10.7. The van der Waals surface area contributed by atoms with Gasteiger partial charge in [-0.2, -0.15) is 0 Å². The summed E-state index contributed by atoms with van der Waals surface area (Å²) in [5.74, 6) is -0.601. The summed E-state index contributed by atoms with van der Waals surface area (Å²) in [6.45, 7) is 9.65. The summed E-state index contributed by atoms with van der Waals surface area (Å²) >= 11 is 0. The minimum atomic E-state index is -4.97. The van der Waals surface area contributed by atoms with Gasteiger partial charge in [0, 0.05) is 25.7 Å². The molecule has 0 heterocycles. The molecule has 0 aliphatic rings. The predicted molar refractivity (Wildman–Crippen MR) is 446 cm³/mol. The van der Waals surface area contributed by atoms with Crippen LogP contribution < -0.4 is 0 Å². The van der Waals surface area contributed by atoms with Crippen molar-refractivity contribution in [1.82, 2.24) is 0 Å². The fourth-order valence-electron chi connectivity index (χ4n) is 14.0. The van der Waals surface area contributed by atoms with Crippen molar-refractivity contribution in [3.8, 4) is 0 Å². The number of carbonyl (C=O) groups is 4. The first-order valence-corrected chi connectivity index (χ1v) is 49.0. The van der Waals surface area contributed by atoms with Gasteiger partial charge < -0.3 is 33.8 Å². The molecule has 0 radical (unpaired) electrons. The van der Waals surface area contributed by atoms with Crippen LogP contribution in [-0.2, 0) is 65.4 Å². The Balaban J connectivity index is 5.22. The Bertz CT molecular complexity index is 2060. The number of unbranched alkanes of at least 4 members (excludes halogenated alkanes) is 58. The number of aliphatic hydroxyl groups is 1. The molecule has 2 unspecified atom stereocenters. The van der Waals surface area contributed by atoms with Crippen molar-refractivity contribution in [2.75, 3.05) is 39.6 Å². The first-order chi connectivity index (χ1) is 52.4. The lowest BCUT2D eigenvalue weighted by Gasteiger charge is -2.21. The summed E-state index contributed by atoms with van der Waals surface area (Å²) in [5.41, 5.74) is 0. The van der Waals surface area contributed by atoms with E-state index >= 15 is 0 Å². The number of phosphoric ester groups is 2. The zero-order valence-corrected chi connectivity index (χ0v) is 73.0. The van der Waals surface area contributed by atoms with Gasteiger partial charge >= 0.3 is 39.5 Å². The molecular weight excluding hydrogens is 1400 g/mol. The monoisotopic (exact) mass is 1580 g/mol. The van der Waals surface area contributed by atoms with E-state index in [1.54, 1.807) is 0 Å². The number of carbonyl (C=O) groups excluding carboxylic acids is 4. The van der Waals surface area contributed by atoms with Crippen LogP contribution in [0.1, 0.15) is 478 Å². The lowest BCUT2D eigenvalue weighted by atomic mass is 10.0. The number of hydrogen-bond donors (Lipinski definition) is 3. The van der Waals surface area contributed by atoms with Gasteiger partial charge in [0.15, 0.2) is 12.2 Å². The Morgan fingerprint density at radius 1 is 0.250 bits per heavy atom. The van der Waals surface area contributed by atoms with E-state index in [9.17, 15) is 43.2 Å². The van der Waals surface area contributed by atoms with Crippen LogP contribution in [0.15, 0.2) is 0 Å². The molecule has 108 heavy (non-hydrogen) atoms. The Kier molecular flexibility index (Phi) is 78.8. The molecule has 0 fully saturated rings. The Labute approximate surface area is 664 Å². The van der Waals surface area contributed by atoms with Gasteiger partial charge in [0.1, 0.15) is 19.3 Å². The van der Waals surface area contributed by atoms with Crippen molar-refractivity contribution < 1.29 is 80.2 Å². The van der Waals surface area contributed by atoms with E-state index in [1.165, 1.54) is 289 Å². The smallest absolute Gasteiger partial charge is 0.462 e. The molecule has 0 spiro atoms. The SMILES string of the molecule is CCCCCCCCCCCCCCCCCCCCCCCCC(=O)O[C@H](COC(=O)CCCCCCCCCCCCCCCCCCCCC)COP(=O)(O)OC[C@@H](O)COP(=O)(O)OC[C@@H](COC(=O)CCCCCCCCCC(C)C)OC(=O)CCCCCCCCCCCCCCCCC(C)C. The van der Waals surface area contributed by atoms with Crippen molar-refractivity contribution in [2.45, 2.75) is 496 Å². The van der Waals surface area contributed by atoms with Crippen LogP contribution in [-0.4, -0.2) is 96.7 Å². The van der Waals surface area contributed by atoms with Gasteiger partial charge in [0.05, 0.1) is 26.4 Å². The topological polar surface area (TPSA) is 237 Å². The summed E-state index contributed by atoms with van der Waals surface area (Å²) < 4.78 is 69.0. The van der Waals surface area contributed by atoms with Gasteiger partial charge in [0.25, 0.3) is 0 Å². The molecule has 5 atom stereocenters. The molecule has 0 aromatic carbocycles. The van der Waals surface area contributed by atoms with Crippen LogP contribution >= 0.6 is 15.6 Å². The van der Waals surface area contributed by atoms with Gasteiger partial charge in [-0.3, -0.25) is 37.3 Å². The molecule has 0 aromatic rings. The van der Waals surface area contributed by atoms with Gasteiger partial charge in [0.2, 0.25) is 0 Å². The minimum absolute atomic E-state index is 0.107. The summed E-state index contributed by atoms with van der Waals surface area (Å²) in [4.78, 5) is 73.3. The van der Waals surface area contributed by atoms with E-state index in [-0.39, 0.29) is 25.7 Å². The Morgan fingerprint density at radius 3 is 0.630 bits per heavy atom. The van der Waals surface area contributed by atoms with Crippen LogP contribution in [0.4, 0.5) is 0 Å². The molecule has 0 rings (SSSR count). The van der Waals surface area contributed by atoms with Gasteiger partial charge in [-0.25, -0.2) is 9.13 Å². The molecule has 0 aliphatic heterocycles. The van der Waals surface area contributed by atoms with Crippen LogP contribution in [0.2, 0.25) is 0 Å². The van der Waals surface area contributed by atoms with E-state index in [2.05, 4.69) is 41.5 Å². The zero-order valence-electron chi connectivity index (χ0n) is 71.2. The number of ether oxygens (including phenoxy) is 4. The summed E-state index contributed by atoms with van der Waals surface area (Å²) in [6.07, 6.45) is 73.9. The lowest BCUT2D eigenvalue weighted by Crippen LogP contribution is -2.30. The van der Waals surface area contributed by atoms with Crippen LogP contribution in [0.25, 0.3) is 0 Å². The Morgan fingerprint density at radius 2 is 0.426 bits per heavy atom. The van der Waals surface area contributed by atoms with E-state index in [0.29, 0.717) is 31.6 Å². The second-order valence-corrected chi connectivity index (χ2v) is 35.8. The number of esters is 4. The first-order valence-electron chi connectivity index (χ1n) is 46.0. The highest BCUT2D eigenvalue weighted by Crippen LogP contribution is 2.45. The molecule has 642 valence electrons. The number of hydrogen-bond acceptors (Lipinski definition) is 15. The molecule has 3 N–H and O–H groups in total. The molecule has 0 aromatic heterocycles. The molecule has 0 bridgehead atoms. The highest BCUT2D eigenvalue weighted by Gasteiger charge is 2.31. The fourth-order valence-corrected chi connectivity index (χ4v) is 15.5. The normalized spacial score (nSPS) is 13.8. The fraction of sp³-hybridized carbons (Fsp3) is 0.955. The molecule has 19 heteroatoms. The van der Waals surface area contributed by atoms with Gasteiger partial charge in [-0.15, -0.1) is 0 Å². The van der Waals surface area contributed by atoms with Crippen LogP contribution in [0.5, 0.6) is 0 Å². The maximum Gasteiger partial charge on any atom is 0.472 e. The zero-order chi connectivity index (χ0) is 79.2. The molecule has 0 aliphatic carbocycles. The lowest BCUT2D eigenvalue weighted by molar-refractivity contribution is -0.161. The maximum atomic E-state index is 13.2. The minimum Gasteiger partial charge on any atom is -0.462 e. The quantitative estimate of drug-likeness (QED) is 0.0222. The summed E-state index contributed by atoms with van der Waals surface area (Å²) in [7, 11) is -9.93. The average Bonchev–Trinajstić information content (AvgIpc) is 0.900. The molecule has 0 saturated carbocycles. The predicted octanol–water partition coefficient (Wildman–Crippen LogP) is 27.4. The number of aliphatic hydroxyl groups excluding tert-OH is 1. The van der Waals surface area contributed by atoms with E-state index < -0.39 is 97.5 Å². The van der Waals surface area contributed by atoms with E-state index in [4.69, 9.17) is 37.0 Å². The number of rotatable bonds is 88. The van der Waals surface area contributed by atoms with Crippen molar-refractivity contribution >= 4 is 39.5 Å². The summed E-state index contributed by atoms with van der Waals surface area (Å²) in [6, 6.07) is 0. The van der Waals surface area contributed by atoms with Crippen LogP contribution in [0, 0.1) is 11.8 Å². The second-order valence-electron chi connectivity index (χ2n) is 32.9. The molecule has 17 nitrogen and oxygen atoms in total. The third-order valence-corrected chi connectivity index (χ3v) is 22.9.